The molecule has 1 fully saturated rings. The van der Waals surface area contributed by atoms with Crippen molar-refractivity contribution in [2.24, 2.45) is 27.4 Å². The minimum Gasteiger partial charge on any atom is -0.447 e. The summed E-state index contributed by atoms with van der Waals surface area (Å²) in [5.74, 6) is -3.52. The quantitative estimate of drug-likeness (QED) is 0.287. The lowest BCUT2D eigenvalue weighted by Crippen LogP contribution is -2.54. The number of carbonyl (C=O) groups is 4. The highest BCUT2D eigenvalue weighted by Gasteiger charge is 2.46. The first-order valence-electron chi connectivity index (χ1n) is 11.9. The molecule has 0 aromatic rings. The molecule has 4 N–H and O–H groups in total. The number of hydrogen-bond acceptors (Lipinski definition) is 8. The number of aliphatic hydroxyl groups is 1. The van der Waals surface area contributed by atoms with Crippen molar-refractivity contribution >= 4 is 23.8 Å². The van der Waals surface area contributed by atoms with Crippen LogP contribution in [-0.4, -0.2) is 60.0 Å². The Hall–Kier alpha value is -2.20. The van der Waals surface area contributed by atoms with Crippen LogP contribution in [0.15, 0.2) is 0 Å². The van der Waals surface area contributed by atoms with Crippen molar-refractivity contribution in [2.75, 3.05) is 6.54 Å². The molecular weight excluding hydrogens is 456 g/mol. The molecule has 2 unspecified atom stereocenters. The molecule has 0 aliphatic carbocycles. The number of rotatable bonds is 11. The fraction of sp³-hybridized carbons (Fsp3) is 0.840. The van der Waals surface area contributed by atoms with Gasteiger partial charge in [0, 0.05) is 6.54 Å². The molecule has 1 aliphatic heterocycles. The summed E-state index contributed by atoms with van der Waals surface area (Å²) in [6, 6.07) is 0. The zero-order valence-corrected chi connectivity index (χ0v) is 22.8. The zero-order chi connectivity index (χ0) is 27.6. The molecule has 1 saturated heterocycles. The van der Waals surface area contributed by atoms with Crippen molar-refractivity contribution in [1.82, 2.24) is 5.32 Å². The number of nitrogens with two attached hydrogens (primary N) is 1. The van der Waals surface area contributed by atoms with E-state index in [-0.39, 0.29) is 17.4 Å². The number of amides is 2. The van der Waals surface area contributed by atoms with Gasteiger partial charge in [-0.05, 0) is 51.4 Å². The van der Waals surface area contributed by atoms with Gasteiger partial charge in [0.25, 0.3) is 11.8 Å². The van der Waals surface area contributed by atoms with Crippen molar-refractivity contribution < 1.29 is 38.5 Å². The molecule has 2 amide bonds. The molecule has 1 aliphatic rings. The lowest BCUT2D eigenvalue weighted by molar-refractivity contribution is -0.185. The summed E-state index contributed by atoms with van der Waals surface area (Å²) in [5, 5.41) is 11.8. The van der Waals surface area contributed by atoms with Crippen LogP contribution in [-0.2, 0) is 33.4 Å². The zero-order valence-electron chi connectivity index (χ0n) is 22.8. The largest absolute Gasteiger partial charge is 0.447 e. The number of epoxide rings is 1. The molecule has 10 heteroatoms. The van der Waals surface area contributed by atoms with Gasteiger partial charge in [-0.1, -0.05) is 41.5 Å². The predicted molar refractivity (Wildman–Crippen MR) is 129 cm³/mol. The molecule has 35 heavy (non-hydrogen) atoms. The maximum Gasteiger partial charge on any atom is 0.312 e. The lowest BCUT2D eigenvalue weighted by atomic mass is 9.76. The normalized spacial score (nSPS) is 20.4. The van der Waals surface area contributed by atoms with E-state index in [2.05, 4.69) is 5.32 Å². The summed E-state index contributed by atoms with van der Waals surface area (Å²) in [4.78, 5) is 51.5. The molecule has 1 rings (SSSR count). The van der Waals surface area contributed by atoms with Crippen LogP contribution in [0.1, 0.15) is 82.1 Å². The van der Waals surface area contributed by atoms with Crippen molar-refractivity contribution in [1.29, 1.82) is 0 Å². The van der Waals surface area contributed by atoms with Crippen LogP contribution in [0.4, 0.5) is 0 Å². The van der Waals surface area contributed by atoms with Gasteiger partial charge >= 0.3 is 11.9 Å². The molecule has 0 spiro atoms. The van der Waals surface area contributed by atoms with Crippen molar-refractivity contribution in [3.8, 4) is 0 Å². The van der Waals surface area contributed by atoms with Gasteiger partial charge in [-0.2, -0.15) is 0 Å². The first kappa shape index (κ1) is 30.8. The number of hydrogen-bond donors (Lipinski definition) is 3. The number of carbonyl (C=O) groups excluding carboxylic acids is 4. The third-order valence-corrected chi connectivity index (χ3v) is 5.36. The minimum atomic E-state index is -1.85. The van der Waals surface area contributed by atoms with Crippen LogP contribution in [0.25, 0.3) is 0 Å². The Balaban J connectivity index is 3.20. The minimum absolute atomic E-state index is 0.0889. The van der Waals surface area contributed by atoms with E-state index in [1.54, 1.807) is 27.7 Å². The molecule has 1 heterocycles. The van der Waals surface area contributed by atoms with E-state index in [4.69, 9.17) is 19.9 Å². The second-order valence-electron chi connectivity index (χ2n) is 13.1. The van der Waals surface area contributed by atoms with Crippen molar-refractivity contribution in [3.05, 3.63) is 0 Å². The Morgan fingerprint density at radius 2 is 1.20 bits per heavy atom. The lowest BCUT2D eigenvalue weighted by Gasteiger charge is -2.34. The van der Waals surface area contributed by atoms with Gasteiger partial charge < -0.3 is 30.4 Å². The van der Waals surface area contributed by atoms with E-state index in [1.165, 1.54) is 0 Å². The molecule has 0 aromatic carbocycles. The third-order valence-electron chi connectivity index (χ3n) is 5.36. The van der Waals surface area contributed by atoms with Crippen LogP contribution < -0.4 is 11.1 Å². The van der Waals surface area contributed by atoms with Crippen LogP contribution in [0, 0.1) is 21.7 Å². The molecule has 0 aromatic heterocycles. The Morgan fingerprint density at radius 1 is 0.829 bits per heavy atom. The average molecular weight is 501 g/mol. The molecular formula is C25H44N2O8. The molecule has 4 atom stereocenters. The monoisotopic (exact) mass is 500 g/mol. The summed E-state index contributed by atoms with van der Waals surface area (Å²) >= 11 is 0. The highest BCUT2D eigenvalue weighted by molar-refractivity contribution is 5.94. The van der Waals surface area contributed by atoms with Gasteiger partial charge in [0.1, 0.15) is 6.10 Å². The van der Waals surface area contributed by atoms with Crippen LogP contribution >= 0.6 is 0 Å². The average Bonchev–Trinajstić information content (AvgIpc) is 3.33. The van der Waals surface area contributed by atoms with Gasteiger partial charge in [-0.15, -0.1) is 0 Å². The van der Waals surface area contributed by atoms with Crippen LogP contribution in [0.3, 0.4) is 0 Å². The maximum absolute atomic E-state index is 13.1. The summed E-state index contributed by atoms with van der Waals surface area (Å²) in [7, 11) is 0. The Kier molecular flexibility index (Phi) is 9.53. The summed E-state index contributed by atoms with van der Waals surface area (Å²) < 4.78 is 15.8. The standard InChI is InChI=1S/C25H44N2O8/c1-22(2,3)12-24(7,8)20(31)34-15(17(26)28)16(18(29)27-11-14-19(30)33-14)35-21(32)25(9,10)13-23(4,5)6/h14-16,19,30H,11-13H2,1-10H3,(H2,26,28)(H,27,29)/t14?,15-,16-,19?/m1/s1. The van der Waals surface area contributed by atoms with Crippen molar-refractivity contribution in [3.63, 3.8) is 0 Å². The number of nitrogens with one attached hydrogen (secondary N) is 1. The smallest absolute Gasteiger partial charge is 0.312 e. The van der Waals surface area contributed by atoms with E-state index in [1.807, 2.05) is 41.5 Å². The molecule has 0 radical (unpaired) electrons. The van der Waals surface area contributed by atoms with Crippen LogP contribution in [0.5, 0.6) is 0 Å². The fourth-order valence-corrected chi connectivity index (χ4v) is 4.45. The molecule has 0 saturated carbocycles. The van der Waals surface area contributed by atoms with E-state index in [9.17, 15) is 24.3 Å². The number of primary amides is 1. The molecule has 0 bridgehead atoms. The predicted octanol–water partition coefficient (Wildman–Crippen LogP) is 2.05. The van der Waals surface area contributed by atoms with Gasteiger partial charge in [0.2, 0.25) is 12.2 Å². The van der Waals surface area contributed by atoms with Gasteiger partial charge in [-0.25, -0.2) is 0 Å². The molecule has 202 valence electrons. The van der Waals surface area contributed by atoms with E-state index >= 15 is 0 Å². The number of aliphatic hydroxyl groups excluding tert-OH is 1. The third kappa shape index (κ3) is 10.1. The Bertz CT molecular complexity index is 807. The summed E-state index contributed by atoms with van der Waals surface area (Å²) in [6.45, 7) is 18.3. The second-order valence-corrected chi connectivity index (χ2v) is 13.1. The van der Waals surface area contributed by atoms with E-state index < -0.39 is 59.2 Å². The first-order chi connectivity index (χ1) is 15.6. The number of ether oxygens (including phenoxy) is 3. The van der Waals surface area contributed by atoms with E-state index in [0.717, 1.165) is 0 Å². The fourth-order valence-electron chi connectivity index (χ4n) is 4.45. The summed E-state index contributed by atoms with van der Waals surface area (Å²) in [5.41, 5.74) is 3.05. The second kappa shape index (κ2) is 10.8. The first-order valence-corrected chi connectivity index (χ1v) is 11.9. The maximum atomic E-state index is 13.1. The molecule has 10 nitrogen and oxygen atoms in total. The van der Waals surface area contributed by atoms with E-state index in [0.29, 0.717) is 12.8 Å². The Morgan fingerprint density at radius 3 is 1.51 bits per heavy atom. The van der Waals surface area contributed by atoms with Crippen molar-refractivity contribution in [2.45, 2.75) is 107 Å². The Labute approximate surface area is 208 Å². The number of esters is 2. The SMILES string of the molecule is CC(C)(C)CC(C)(C)C(=O)O[C@@H](C(N)=O)[C@@H](OC(=O)C(C)(C)CC(C)(C)C)C(=O)NCC1OC1O. The van der Waals surface area contributed by atoms with Crippen LogP contribution in [0.2, 0.25) is 0 Å². The van der Waals surface area contributed by atoms with Gasteiger partial charge in [0.05, 0.1) is 10.8 Å². The van der Waals surface area contributed by atoms with Gasteiger partial charge in [-0.3, -0.25) is 19.2 Å². The summed E-state index contributed by atoms with van der Waals surface area (Å²) in [6.07, 6.45) is -4.44. The topological polar surface area (TPSA) is 158 Å². The highest BCUT2D eigenvalue weighted by atomic mass is 16.7. The highest BCUT2D eigenvalue weighted by Crippen LogP contribution is 2.36. The van der Waals surface area contributed by atoms with Gasteiger partial charge in [0.15, 0.2) is 6.29 Å².